The minimum Gasteiger partial charge on any atom is -0.384 e. The predicted molar refractivity (Wildman–Crippen MR) is 68.5 cm³/mol. The van der Waals surface area contributed by atoms with Crippen molar-refractivity contribution in [2.75, 3.05) is 0 Å². The van der Waals surface area contributed by atoms with Gasteiger partial charge in [0, 0.05) is 4.47 Å². The van der Waals surface area contributed by atoms with Crippen LogP contribution in [0.25, 0.3) is 0 Å². The highest BCUT2D eigenvalue weighted by molar-refractivity contribution is 9.10. The number of benzene rings is 1. The lowest BCUT2D eigenvalue weighted by Gasteiger charge is -2.11. The fourth-order valence-electron chi connectivity index (χ4n) is 1.48. The van der Waals surface area contributed by atoms with Gasteiger partial charge in [-0.2, -0.15) is 0 Å². The molecule has 2 aromatic rings. The van der Waals surface area contributed by atoms with Crippen molar-refractivity contribution in [3.63, 3.8) is 0 Å². The summed E-state index contributed by atoms with van der Waals surface area (Å²) in [6.45, 7) is 4.03. The van der Waals surface area contributed by atoms with Crippen molar-refractivity contribution in [3.05, 3.63) is 46.2 Å². The average molecular weight is 296 g/mol. The number of hydrogen-bond acceptors (Lipinski definition) is 3. The van der Waals surface area contributed by atoms with E-state index in [9.17, 15) is 5.11 Å². The Balaban J connectivity index is 2.17. The smallest absolute Gasteiger partial charge is 0.114 e. The van der Waals surface area contributed by atoms with Gasteiger partial charge in [0.1, 0.15) is 11.3 Å². The number of hydrogen-bond donors (Lipinski definition) is 1. The van der Waals surface area contributed by atoms with Crippen LogP contribution in [0.4, 0.5) is 0 Å². The Morgan fingerprint density at radius 1 is 1.41 bits per heavy atom. The van der Waals surface area contributed by atoms with Crippen LogP contribution in [0.3, 0.4) is 0 Å². The molecule has 4 nitrogen and oxygen atoms in total. The molecule has 90 valence electrons. The largest absolute Gasteiger partial charge is 0.384 e. The van der Waals surface area contributed by atoms with E-state index in [4.69, 9.17) is 0 Å². The van der Waals surface area contributed by atoms with Gasteiger partial charge < -0.3 is 5.11 Å². The average Bonchev–Trinajstić information content (AvgIpc) is 2.65. The van der Waals surface area contributed by atoms with E-state index >= 15 is 0 Å². The van der Waals surface area contributed by atoms with Crippen LogP contribution in [-0.2, 0) is 12.1 Å². The first-order valence-corrected chi connectivity index (χ1v) is 6.12. The maximum Gasteiger partial charge on any atom is 0.114 e. The van der Waals surface area contributed by atoms with E-state index in [-0.39, 0.29) is 0 Å². The van der Waals surface area contributed by atoms with E-state index in [0.29, 0.717) is 12.2 Å². The molecule has 0 aliphatic heterocycles. The van der Waals surface area contributed by atoms with Crippen LogP contribution in [0.15, 0.2) is 34.9 Å². The molecule has 0 saturated heterocycles. The predicted octanol–water partition coefficient (Wildman–Crippen LogP) is 2.32. The Morgan fingerprint density at radius 3 is 2.76 bits per heavy atom. The normalized spacial score (nSPS) is 11.8. The van der Waals surface area contributed by atoms with Crippen molar-refractivity contribution in [1.82, 2.24) is 15.0 Å². The monoisotopic (exact) mass is 295 g/mol. The number of aliphatic hydroxyl groups is 1. The molecule has 0 spiro atoms. The molecule has 17 heavy (non-hydrogen) atoms. The maximum atomic E-state index is 9.79. The summed E-state index contributed by atoms with van der Waals surface area (Å²) in [6.07, 6.45) is 1.76. The van der Waals surface area contributed by atoms with E-state index in [1.54, 1.807) is 24.7 Å². The molecule has 1 aromatic carbocycles. The Hall–Kier alpha value is -1.20. The third-order valence-electron chi connectivity index (χ3n) is 2.40. The van der Waals surface area contributed by atoms with E-state index < -0.39 is 5.60 Å². The van der Waals surface area contributed by atoms with Gasteiger partial charge >= 0.3 is 0 Å². The number of aromatic nitrogens is 3. The number of halogens is 1. The van der Waals surface area contributed by atoms with Gasteiger partial charge in [-0.05, 0) is 31.5 Å². The van der Waals surface area contributed by atoms with Gasteiger partial charge in [0.25, 0.3) is 0 Å². The summed E-state index contributed by atoms with van der Waals surface area (Å²) in [6, 6.07) is 8.02. The molecular weight excluding hydrogens is 282 g/mol. The maximum absolute atomic E-state index is 9.79. The minimum absolute atomic E-state index is 0.576. The van der Waals surface area contributed by atoms with Crippen LogP contribution in [0, 0.1) is 0 Å². The van der Waals surface area contributed by atoms with Crippen LogP contribution >= 0.6 is 15.9 Å². The molecule has 0 saturated carbocycles. The van der Waals surface area contributed by atoms with Crippen LogP contribution < -0.4 is 0 Å². The van der Waals surface area contributed by atoms with Crippen LogP contribution in [0.2, 0.25) is 0 Å². The highest BCUT2D eigenvalue weighted by Gasteiger charge is 2.19. The van der Waals surface area contributed by atoms with Crippen molar-refractivity contribution in [2.24, 2.45) is 0 Å². The topological polar surface area (TPSA) is 50.9 Å². The lowest BCUT2D eigenvalue weighted by Crippen LogP contribution is -2.15. The van der Waals surface area contributed by atoms with Crippen molar-refractivity contribution >= 4 is 15.9 Å². The molecule has 0 atom stereocenters. The van der Waals surface area contributed by atoms with Crippen molar-refractivity contribution in [2.45, 2.75) is 26.0 Å². The van der Waals surface area contributed by atoms with E-state index in [1.807, 2.05) is 24.3 Å². The van der Waals surface area contributed by atoms with Crippen LogP contribution in [-0.4, -0.2) is 20.1 Å². The fraction of sp³-hybridized carbons (Fsp3) is 0.333. The van der Waals surface area contributed by atoms with Crippen molar-refractivity contribution in [1.29, 1.82) is 0 Å². The Kier molecular flexibility index (Phi) is 3.31. The van der Waals surface area contributed by atoms with Gasteiger partial charge in [0.15, 0.2) is 0 Å². The van der Waals surface area contributed by atoms with Gasteiger partial charge in [-0.3, -0.25) is 0 Å². The molecule has 0 aliphatic carbocycles. The molecule has 1 N–H and O–H groups in total. The molecule has 0 unspecified atom stereocenters. The van der Waals surface area contributed by atoms with Crippen LogP contribution in [0.1, 0.15) is 25.1 Å². The van der Waals surface area contributed by atoms with Gasteiger partial charge in [-0.25, -0.2) is 4.68 Å². The highest BCUT2D eigenvalue weighted by Crippen LogP contribution is 2.17. The Bertz CT molecular complexity index is 516. The second-order valence-electron chi connectivity index (χ2n) is 4.49. The lowest BCUT2D eigenvalue weighted by atomic mass is 10.1. The molecule has 0 fully saturated rings. The molecular formula is C12H14BrN3O. The second kappa shape index (κ2) is 4.58. The SMILES string of the molecule is CC(C)(O)c1cn(Cc2cccc(Br)c2)nn1. The molecule has 5 heteroatoms. The summed E-state index contributed by atoms with van der Waals surface area (Å²) >= 11 is 3.43. The first kappa shape index (κ1) is 12.3. The standard InChI is InChI=1S/C12H14BrN3O/c1-12(2,17)11-8-16(15-14-11)7-9-4-3-5-10(13)6-9/h3-6,8,17H,7H2,1-2H3. The summed E-state index contributed by atoms with van der Waals surface area (Å²) in [5.41, 5.74) is 0.759. The Morgan fingerprint density at radius 2 is 2.18 bits per heavy atom. The quantitative estimate of drug-likeness (QED) is 0.945. The summed E-state index contributed by atoms with van der Waals surface area (Å²) in [5.74, 6) is 0. The number of rotatable bonds is 3. The zero-order valence-electron chi connectivity index (χ0n) is 9.76. The molecule has 0 radical (unpaired) electrons. The fourth-order valence-corrected chi connectivity index (χ4v) is 1.93. The number of nitrogens with zero attached hydrogens (tertiary/aromatic N) is 3. The Labute approximate surface area is 108 Å². The summed E-state index contributed by atoms with van der Waals surface area (Å²) in [5, 5.41) is 17.7. The zero-order chi connectivity index (χ0) is 12.5. The van der Waals surface area contributed by atoms with Crippen molar-refractivity contribution < 1.29 is 5.11 Å². The van der Waals surface area contributed by atoms with Crippen molar-refractivity contribution in [3.8, 4) is 0 Å². The van der Waals surface area contributed by atoms with Gasteiger partial charge in [-0.1, -0.05) is 33.3 Å². The lowest BCUT2D eigenvalue weighted by molar-refractivity contribution is 0.0737. The molecule has 0 amide bonds. The molecule has 1 heterocycles. The highest BCUT2D eigenvalue weighted by atomic mass is 79.9. The molecule has 2 rings (SSSR count). The summed E-state index contributed by atoms with van der Waals surface area (Å²) < 4.78 is 2.76. The van der Waals surface area contributed by atoms with Gasteiger partial charge in [-0.15, -0.1) is 5.10 Å². The van der Waals surface area contributed by atoms with Gasteiger partial charge in [0.05, 0.1) is 12.7 Å². The third kappa shape index (κ3) is 3.14. The third-order valence-corrected chi connectivity index (χ3v) is 2.89. The first-order valence-electron chi connectivity index (χ1n) is 5.32. The second-order valence-corrected chi connectivity index (χ2v) is 5.41. The summed E-state index contributed by atoms with van der Waals surface area (Å²) in [4.78, 5) is 0. The van der Waals surface area contributed by atoms with Gasteiger partial charge in [0.2, 0.25) is 0 Å². The van der Waals surface area contributed by atoms with E-state index in [1.165, 1.54) is 0 Å². The van der Waals surface area contributed by atoms with E-state index in [2.05, 4.69) is 26.2 Å². The first-order chi connectivity index (χ1) is 7.95. The summed E-state index contributed by atoms with van der Waals surface area (Å²) in [7, 11) is 0. The zero-order valence-corrected chi connectivity index (χ0v) is 11.3. The molecule has 0 bridgehead atoms. The van der Waals surface area contributed by atoms with E-state index in [0.717, 1.165) is 10.0 Å². The molecule has 1 aromatic heterocycles. The van der Waals surface area contributed by atoms with Crippen LogP contribution in [0.5, 0.6) is 0 Å². The molecule has 0 aliphatic rings. The minimum atomic E-state index is -0.949.